The quantitative estimate of drug-likeness (QED) is 0.232. The van der Waals surface area contributed by atoms with E-state index in [0.717, 1.165) is 21.7 Å². The van der Waals surface area contributed by atoms with E-state index in [9.17, 15) is 9.90 Å². The van der Waals surface area contributed by atoms with Crippen molar-refractivity contribution in [2.75, 3.05) is 12.9 Å². The molecule has 0 unspecified atom stereocenters. The number of esters is 1. The van der Waals surface area contributed by atoms with Crippen molar-refractivity contribution < 1.29 is 14.6 Å². The second-order valence-electron chi connectivity index (χ2n) is 6.15. The highest BCUT2D eigenvalue weighted by Gasteiger charge is 2.22. The summed E-state index contributed by atoms with van der Waals surface area (Å²) in [4.78, 5) is 24.4. The van der Waals surface area contributed by atoms with E-state index in [1.54, 1.807) is 0 Å². The van der Waals surface area contributed by atoms with Crippen LogP contribution < -0.4 is 0 Å². The number of thioether (sulfide) groups is 1. The van der Waals surface area contributed by atoms with Gasteiger partial charge in [-0.1, -0.05) is 36.0 Å². The lowest BCUT2D eigenvalue weighted by Crippen LogP contribution is -2.10. The van der Waals surface area contributed by atoms with Crippen LogP contribution in [0.25, 0.3) is 27.6 Å². The third-order valence-electron chi connectivity index (χ3n) is 4.39. The Kier molecular flexibility index (Phi) is 4.79. The van der Waals surface area contributed by atoms with Crippen LogP contribution in [0, 0.1) is 0 Å². The summed E-state index contributed by atoms with van der Waals surface area (Å²) in [5.41, 5.74) is 3.37. The van der Waals surface area contributed by atoms with E-state index < -0.39 is 5.97 Å². The van der Waals surface area contributed by atoms with Crippen LogP contribution in [0.1, 0.15) is 5.82 Å². The highest BCUT2D eigenvalue weighted by Crippen LogP contribution is 2.27. The number of imidazole rings is 2. The maximum atomic E-state index is 12.3. The molecule has 2 aromatic carbocycles. The number of rotatable bonds is 5. The Balaban J connectivity index is 1.67. The molecule has 0 aliphatic heterocycles. The summed E-state index contributed by atoms with van der Waals surface area (Å²) >= 11 is 1.33. The maximum absolute atomic E-state index is 12.3. The summed E-state index contributed by atoms with van der Waals surface area (Å²) in [7, 11) is 3.19. The van der Waals surface area contributed by atoms with E-state index in [1.807, 2.05) is 60.1 Å². The number of carbonyl (C=O) groups excluding carboxylic acids is 1. The van der Waals surface area contributed by atoms with E-state index in [-0.39, 0.29) is 22.9 Å². The largest absolute Gasteiger partial charge is 0.510 e. The van der Waals surface area contributed by atoms with Gasteiger partial charge in [0.05, 0.1) is 34.9 Å². The van der Waals surface area contributed by atoms with Crippen LogP contribution in [-0.2, 0) is 16.6 Å². The molecule has 142 valence electrons. The fourth-order valence-corrected chi connectivity index (χ4v) is 3.85. The number of ether oxygens (including phenoxy) is 1. The monoisotopic (exact) mass is 394 g/mol. The van der Waals surface area contributed by atoms with Crippen LogP contribution in [0.15, 0.2) is 59.4 Å². The molecule has 0 aliphatic carbocycles. The predicted molar refractivity (Wildman–Crippen MR) is 109 cm³/mol. The molecule has 0 aliphatic rings. The van der Waals surface area contributed by atoms with Gasteiger partial charge in [0.25, 0.3) is 0 Å². The second kappa shape index (κ2) is 7.40. The minimum atomic E-state index is -0.651. The molecule has 0 fully saturated rings. The third kappa shape index (κ3) is 3.22. The number of aryl methyl sites for hydroxylation is 1. The zero-order chi connectivity index (χ0) is 19.7. The lowest BCUT2D eigenvalue weighted by atomic mass is 10.2. The number of H-pyrrole nitrogens is 1. The molecule has 4 aromatic rings. The highest BCUT2D eigenvalue weighted by atomic mass is 32.2. The van der Waals surface area contributed by atoms with Gasteiger partial charge < -0.3 is 19.4 Å². The van der Waals surface area contributed by atoms with Crippen LogP contribution in [0.4, 0.5) is 0 Å². The number of aromatic amines is 1. The summed E-state index contributed by atoms with van der Waals surface area (Å²) < 4.78 is 6.81. The average molecular weight is 394 g/mol. The summed E-state index contributed by atoms with van der Waals surface area (Å²) in [6.07, 6.45) is 0. The molecule has 7 nitrogen and oxygen atoms in total. The van der Waals surface area contributed by atoms with Crippen LogP contribution >= 0.6 is 11.8 Å². The third-order valence-corrected chi connectivity index (χ3v) is 5.43. The number of aliphatic hydroxyl groups is 1. The number of carbonyl (C=O) groups is 1. The predicted octanol–water partition coefficient (Wildman–Crippen LogP) is 3.68. The van der Waals surface area contributed by atoms with Gasteiger partial charge in [0.2, 0.25) is 0 Å². The number of aliphatic hydroxyl groups excluding tert-OH is 1. The van der Waals surface area contributed by atoms with Gasteiger partial charge in [0, 0.05) is 7.05 Å². The molecule has 0 radical (unpaired) electrons. The van der Waals surface area contributed by atoms with E-state index in [1.165, 1.54) is 18.9 Å². The Morgan fingerprint density at radius 3 is 2.57 bits per heavy atom. The SMILES string of the molecule is COC(=O)/C(=C(/O)CSc1nc2ccccc2n1C)c1nc2ccccc2[nH]1. The lowest BCUT2D eigenvalue weighted by molar-refractivity contribution is -0.133. The highest BCUT2D eigenvalue weighted by molar-refractivity contribution is 7.99. The second-order valence-corrected chi connectivity index (χ2v) is 7.09. The molecule has 2 heterocycles. The van der Waals surface area contributed by atoms with Crippen molar-refractivity contribution in [3.63, 3.8) is 0 Å². The molecule has 0 spiro atoms. The van der Waals surface area contributed by atoms with Crippen LogP contribution in [0.3, 0.4) is 0 Å². The molecular weight excluding hydrogens is 376 g/mol. The van der Waals surface area contributed by atoms with Crippen molar-refractivity contribution >= 4 is 45.4 Å². The Hall–Kier alpha value is -3.26. The Bertz CT molecular complexity index is 1180. The van der Waals surface area contributed by atoms with E-state index in [4.69, 9.17) is 4.74 Å². The van der Waals surface area contributed by atoms with Crippen LogP contribution in [-0.4, -0.2) is 43.5 Å². The summed E-state index contributed by atoms with van der Waals surface area (Å²) in [5, 5.41) is 11.4. The zero-order valence-corrected chi connectivity index (χ0v) is 16.2. The number of hydrogen-bond acceptors (Lipinski definition) is 6. The number of fused-ring (bicyclic) bond motifs is 2. The normalized spacial score (nSPS) is 12.4. The number of nitrogens with one attached hydrogen (secondary N) is 1. The molecule has 0 atom stereocenters. The molecule has 0 bridgehead atoms. The fourth-order valence-electron chi connectivity index (χ4n) is 2.98. The number of methoxy groups -OCH3 is 1. The molecule has 2 N–H and O–H groups in total. The van der Waals surface area contributed by atoms with Crippen molar-refractivity contribution in [1.82, 2.24) is 19.5 Å². The minimum Gasteiger partial charge on any atom is -0.510 e. The maximum Gasteiger partial charge on any atom is 0.345 e. The molecule has 0 amide bonds. The van der Waals surface area contributed by atoms with Gasteiger partial charge in [0.15, 0.2) is 5.16 Å². The van der Waals surface area contributed by atoms with E-state index in [0.29, 0.717) is 5.52 Å². The number of hydrogen-bond donors (Lipinski definition) is 2. The van der Waals surface area contributed by atoms with Gasteiger partial charge in [-0.25, -0.2) is 14.8 Å². The molecule has 0 saturated heterocycles. The number of aromatic nitrogens is 4. The summed E-state index contributed by atoms with van der Waals surface area (Å²) in [5.74, 6) is -0.347. The van der Waals surface area contributed by atoms with Crippen molar-refractivity contribution in [2.45, 2.75) is 5.16 Å². The van der Waals surface area contributed by atoms with E-state index in [2.05, 4.69) is 15.0 Å². The van der Waals surface area contributed by atoms with Crippen molar-refractivity contribution in [1.29, 1.82) is 0 Å². The fraction of sp³-hybridized carbons (Fsp3) is 0.150. The number of nitrogens with zero attached hydrogens (tertiary/aromatic N) is 3. The molecule has 2 aromatic heterocycles. The number of benzene rings is 2. The molecule has 8 heteroatoms. The Labute approximate surface area is 165 Å². The van der Waals surface area contributed by atoms with Gasteiger partial charge in [-0.15, -0.1) is 0 Å². The van der Waals surface area contributed by atoms with Gasteiger partial charge in [-0.3, -0.25) is 0 Å². The molecule has 4 rings (SSSR count). The molecule has 28 heavy (non-hydrogen) atoms. The number of para-hydroxylation sites is 4. The summed E-state index contributed by atoms with van der Waals surface area (Å²) in [6, 6.07) is 15.2. The lowest BCUT2D eigenvalue weighted by Gasteiger charge is -2.07. The van der Waals surface area contributed by atoms with Gasteiger partial charge in [0.1, 0.15) is 17.2 Å². The average Bonchev–Trinajstić information content (AvgIpc) is 3.27. The minimum absolute atomic E-state index is 0.0185. The van der Waals surface area contributed by atoms with Crippen molar-refractivity contribution in [3.8, 4) is 0 Å². The standard InChI is InChI=1S/C20H18N4O3S/c1-24-15-10-6-5-9-14(15)23-20(24)28-11-16(25)17(19(26)27-2)18-21-12-7-3-4-8-13(12)22-18/h3-10,25H,11H2,1-2H3,(H,21,22)/b17-16+. The Morgan fingerprint density at radius 2 is 1.86 bits per heavy atom. The van der Waals surface area contributed by atoms with E-state index >= 15 is 0 Å². The Morgan fingerprint density at radius 1 is 1.14 bits per heavy atom. The van der Waals surface area contributed by atoms with Gasteiger partial charge >= 0.3 is 5.97 Å². The zero-order valence-electron chi connectivity index (χ0n) is 15.3. The summed E-state index contributed by atoms with van der Waals surface area (Å²) in [6.45, 7) is 0. The topological polar surface area (TPSA) is 93.0 Å². The molecular formula is C20H18N4O3S. The first-order valence-corrected chi connectivity index (χ1v) is 9.57. The van der Waals surface area contributed by atoms with Crippen molar-refractivity contribution in [2.24, 2.45) is 7.05 Å². The van der Waals surface area contributed by atoms with Crippen LogP contribution in [0.5, 0.6) is 0 Å². The first-order chi connectivity index (χ1) is 13.6. The first-order valence-electron chi connectivity index (χ1n) is 8.58. The van der Waals surface area contributed by atoms with Crippen molar-refractivity contribution in [3.05, 3.63) is 60.1 Å². The smallest absolute Gasteiger partial charge is 0.345 e. The first kappa shape index (κ1) is 18.1. The van der Waals surface area contributed by atoms with Gasteiger partial charge in [-0.05, 0) is 24.3 Å². The van der Waals surface area contributed by atoms with Gasteiger partial charge in [-0.2, -0.15) is 0 Å². The molecule has 0 saturated carbocycles. The van der Waals surface area contributed by atoms with Crippen LogP contribution in [0.2, 0.25) is 0 Å².